The predicted molar refractivity (Wildman–Crippen MR) is 370 cm³/mol. The number of hydrogen-bond donors (Lipinski definition) is 11. The van der Waals surface area contributed by atoms with E-state index in [1.807, 2.05) is 0 Å². The van der Waals surface area contributed by atoms with E-state index in [2.05, 4.69) is 32.9 Å². The lowest BCUT2D eigenvalue weighted by atomic mass is 9.84. The van der Waals surface area contributed by atoms with Gasteiger partial charge in [0.15, 0.2) is 18.7 Å². The zero-order chi connectivity index (χ0) is 71.8. The molecule has 98 heavy (non-hydrogen) atoms. The quantitative estimate of drug-likeness (QED) is 0.00886. The summed E-state index contributed by atoms with van der Waals surface area (Å²) in [5, 5.41) is 110. The van der Waals surface area contributed by atoms with Crippen LogP contribution in [0.4, 0.5) is 0 Å². The molecule has 0 aromatic heterocycles. The lowest BCUT2D eigenvalue weighted by molar-refractivity contribution is -0.360. The summed E-state index contributed by atoms with van der Waals surface area (Å²) in [5.74, 6) is -2.00. The van der Waals surface area contributed by atoms with Crippen molar-refractivity contribution in [1.82, 2.24) is 0 Å². The third kappa shape index (κ3) is 37.9. The van der Waals surface area contributed by atoms with Gasteiger partial charge in [0.1, 0.15) is 98.7 Å². The Kier molecular flexibility index (Phi) is 50.7. The van der Waals surface area contributed by atoms with Gasteiger partial charge in [-0.25, -0.2) is 4.57 Å². The van der Waals surface area contributed by atoms with E-state index in [0.717, 1.165) is 96.3 Å². The highest BCUT2D eigenvalue weighted by molar-refractivity contribution is 7.47. The van der Waals surface area contributed by atoms with Crippen molar-refractivity contribution < 1.29 is 117 Å². The van der Waals surface area contributed by atoms with Crippen LogP contribution < -0.4 is 0 Å². The van der Waals surface area contributed by atoms with Gasteiger partial charge in [-0.15, -0.1) is 0 Å². The number of carbonyl (C=O) groups is 3. The first-order chi connectivity index (χ1) is 47.3. The first-order valence-electron chi connectivity index (χ1n) is 38.5. The van der Waals surface area contributed by atoms with E-state index < -0.39 is 156 Å². The molecule has 0 amide bonds. The first-order valence-corrected chi connectivity index (χ1v) is 40.0. The molecule has 1 saturated carbocycles. The van der Waals surface area contributed by atoms with Crippen molar-refractivity contribution in [1.29, 1.82) is 0 Å². The maximum absolute atomic E-state index is 14.3. The number of aliphatic hydroxyl groups excluding tert-OH is 10. The molecule has 3 fully saturated rings. The van der Waals surface area contributed by atoms with E-state index in [1.54, 1.807) is 0 Å². The van der Waals surface area contributed by atoms with Crippen molar-refractivity contribution in [3.8, 4) is 0 Å². The topological polar surface area (TPSA) is 374 Å². The summed E-state index contributed by atoms with van der Waals surface area (Å²) in [7, 11) is -5.70. The Morgan fingerprint density at radius 2 is 0.714 bits per heavy atom. The third-order valence-electron chi connectivity index (χ3n) is 19.0. The van der Waals surface area contributed by atoms with E-state index in [9.17, 15) is 74.9 Å². The van der Waals surface area contributed by atoms with Crippen LogP contribution in [0, 0.1) is 0 Å². The van der Waals surface area contributed by atoms with Crippen molar-refractivity contribution in [2.45, 2.75) is 407 Å². The summed E-state index contributed by atoms with van der Waals surface area (Å²) in [6.45, 7) is 3.45. The van der Waals surface area contributed by atoms with E-state index in [-0.39, 0.29) is 19.3 Å². The van der Waals surface area contributed by atoms with Gasteiger partial charge in [0.2, 0.25) is 0 Å². The number of phosphoric ester groups is 1. The summed E-state index contributed by atoms with van der Waals surface area (Å²) in [6.07, 6.45) is 14.2. The first kappa shape index (κ1) is 89.9. The molecule has 18 unspecified atom stereocenters. The number of carbonyl (C=O) groups excluding carboxylic acids is 3. The second-order valence-electron chi connectivity index (χ2n) is 27.7. The van der Waals surface area contributed by atoms with Gasteiger partial charge >= 0.3 is 25.7 Å². The van der Waals surface area contributed by atoms with Crippen LogP contribution in [0.2, 0.25) is 0 Å². The fourth-order valence-corrected chi connectivity index (χ4v) is 13.7. The molecule has 0 spiro atoms. The van der Waals surface area contributed by atoms with Gasteiger partial charge in [-0.3, -0.25) is 23.4 Å². The molecule has 0 aromatic rings. The molecule has 0 aromatic carbocycles. The Hall–Kier alpha value is -2.30. The van der Waals surface area contributed by atoms with Gasteiger partial charge in [-0.1, -0.05) is 251 Å². The molecule has 3 aliphatic rings. The summed E-state index contributed by atoms with van der Waals surface area (Å²) in [6, 6.07) is 0. The van der Waals surface area contributed by atoms with Crippen LogP contribution in [0.15, 0.2) is 12.2 Å². The Labute approximate surface area is 586 Å². The molecule has 24 nitrogen and oxygen atoms in total. The minimum Gasteiger partial charge on any atom is -0.463 e. The molecule has 1 aliphatic carbocycles. The molecule has 0 bridgehead atoms. The van der Waals surface area contributed by atoms with Gasteiger partial charge in [0.05, 0.1) is 13.2 Å². The van der Waals surface area contributed by atoms with Crippen molar-refractivity contribution in [2.24, 2.45) is 0 Å². The number of phosphoric acid groups is 1. The molecule has 2 saturated heterocycles. The molecule has 3 rings (SSSR count). The molecule has 18 atom stereocenters. The Morgan fingerprint density at radius 1 is 0.388 bits per heavy atom. The summed E-state index contributed by atoms with van der Waals surface area (Å²) in [5.41, 5.74) is 0. The fraction of sp³-hybridized carbons (Fsp3) is 0.932. The zero-order valence-electron chi connectivity index (χ0n) is 60.1. The SMILES string of the molecule is CCCCCCCC/C=C\CCCCCC(=O)OCC(COP(=O)(O)OC1C(OC2OC(CO)C(O)C(O)C2O)C(O)C(O)C(O)C1OC1OC(COC(=O)CCCCCCCCCCCCCCCC)C(O)C(O)C1O)OC(=O)CCCCCCCCCCCCCCCCCC. The maximum atomic E-state index is 14.3. The van der Waals surface area contributed by atoms with Crippen molar-refractivity contribution in [2.75, 3.05) is 26.4 Å². The van der Waals surface area contributed by atoms with E-state index in [1.165, 1.54) is 148 Å². The van der Waals surface area contributed by atoms with Crippen molar-refractivity contribution in [3.63, 3.8) is 0 Å². The maximum Gasteiger partial charge on any atom is 0.472 e. The normalized spacial score (nSPS) is 27.7. The van der Waals surface area contributed by atoms with Crippen LogP contribution in [0.3, 0.4) is 0 Å². The second-order valence-corrected chi connectivity index (χ2v) is 29.1. The minimum atomic E-state index is -5.70. The van der Waals surface area contributed by atoms with Crippen LogP contribution in [-0.4, -0.2) is 204 Å². The number of rotatable bonds is 60. The second kappa shape index (κ2) is 55.2. The monoisotopic (exact) mass is 1430 g/mol. The number of unbranched alkanes of at least 4 members (excludes halogenated alkanes) is 37. The standard InChI is InChI=1S/C73H135O24P/c1-4-7-10-13-16-19-22-25-27-28-31-34-37-40-43-46-49-59(77)92-54(51-89-57(75)47-44-41-38-35-32-29-24-21-18-15-12-9-6-3)52-91-98(87,88)97-71-69(95-72-67(85)62(80)60(78)55(50-74)93-72)65(83)64(82)66(84)70(71)96-73-68(86)63(81)61(79)56(94-73)53-90-58(76)48-45-42-39-36-33-30-26-23-20-17-14-11-8-5-2/h29,32,54-56,60-74,78-86H,4-28,30-31,33-53H2,1-3H3,(H,87,88)/b32-29-. The fourth-order valence-electron chi connectivity index (χ4n) is 12.8. The smallest absolute Gasteiger partial charge is 0.463 e. The Bertz CT molecular complexity index is 2080. The van der Waals surface area contributed by atoms with Gasteiger partial charge in [-0.05, 0) is 44.9 Å². The predicted octanol–water partition coefficient (Wildman–Crippen LogP) is 10.7. The summed E-state index contributed by atoms with van der Waals surface area (Å²) in [4.78, 5) is 51.0. The van der Waals surface area contributed by atoms with Gasteiger partial charge in [-0.2, -0.15) is 0 Å². The average molecular weight is 1430 g/mol. The van der Waals surface area contributed by atoms with Crippen molar-refractivity contribution >= 4 is 25.7 Å². The highest BCUT2D eigenvalue weighted by atomic mass is 31.2. The molecule has 2 aliphatic heterocycles. The van der Waals surface area contributed by atoms with Crippen LogP contribution in [0.1, 0.15) is 303 Å². The largest absolute Gasteiger partial charge is 0.472 e. The molecule has 0 radical (unpaired) electrons. The van der Waals surface area contributed by atoms with Gasteiger partial charge in [0, 0.05) is 19.3 Å². The number of allylic oxidation sites excluding steroid dienone is 2. The molecule has 25 heteroatoms. The molecule has 11 N–H and O–H groups in total. The summed E-state index contributed by atoms with van der Waals surface area (Å²) < 4.78 is 65.0. The number of esters is 3. The lowest BCUT2D eigenvalue weighted by Crippen LogP contribution is -2.69. The number of aliphatic hydroxyl groups is 10. The Morgan fingerprint density at radius 3 is 1.11 bits per heavy atom. The number of hydrogen-bond acceptors (Lipinski definition) is 23. The minimum absolute atomic E-state index is 0.0278. The van der Waals surface area contributed by atoms with Crippen molar-refractivity contribution in [3.05, 3.63) is 12.2 Å². The van der Waals surface area contributed by atoms with Crippen LogP contribution >= 0.6 is 7.82 Å². The molecule has 576 valence electrons. The number of ether oxygens (including phenoxy) is 7. The molecular weight excluding hydrogens is 1290 g/mol. The van der Waals surface area contributed by atoms with Gasteiger partial charge < -0.3 is 89.1 Å². The lowest BCUT2D eigenvalue weighted by Gasteiger charge is -2.49. The molecule has 2 heterocycles. The van der Waals surface area contributed by atoms with E-state index in [4.69, 9.17) is 42.2 Å². The summed E-state index contributed by atoms with van der Waals surface area (Å²) >= 11 is 0. The van der Waals surface area contributed by atoms with Gasteiger partial charge in [0.25, 0.3) is 0 Å². The average Bonchev–Trinajstić information content (AvgIpc) is 0.766. The van der Waals surface area contributed by atoms with E-state index >= 15 is 0 Å². The molecular formula is C73H135O24P. The highest BCUT2D eigenvalue weighted by Gasteiger charge is 2.58. The Balaban J connectivity index is 1.73. The highest BCUT2D eigenvalue weighted by Crippen LogP contribution is 2.49. The van der Waals surface area contributed by atoms with Crippen LogP contribution in [0.25, 0.3) is 0 Å². The zero-order valence-corrected chi connectivity index (χ0v) is 61.0. The van der Waals surface area contributed by atoms with Crippen LogP contribution in [0.5, 0.6) is 0 Å². The van der Waals surface area contributed by atoms with Crippen LogP contribution in [-0.2, 0) is 61.2 Å². The van der Waals surface area contributed by atoms with E-state index in [0.29, 0.717) is 19.3 Å². The third-order valence-corrected chi connectivity index (χ3v) is 20.0.